The number of ether oxygens (including phenoxy) is 1. The molecule has 2 aliphatic heterocycles. The molecule has 3 fully saturated rings. The van der Waals surface area contributed by atoms with Gasteiger partial charge in [0.1, 0.15) is 5.75 Å². The van der Waals surface area contributed by atoms with Gasteiger partial charge in [0.15, 0.2) is 0 Å². The standard InChI is InChI=1S/C25H35N3O4/c1-3-4-13-28-22(29)12-11-20(23(28)19-7-5-6-8-21(19)32-2)25(31)27-16-14-26(15-17-27)24(30)18-9-10-18/h5-8,18,20,23H,3-4,9-17H2,1-2H3/t20-,23-/m1/s1. The Balaban J connectivity index is 1.55. The van der Waals surface area contributed by atoms with Gasteiger partial charge >= 0.3 is 0 Å². The highest BCUT2D eigenvalue weighted by molar-refractivity contribution is 5.86. The van der Waals surface area contributed by atoms with Crippen molar-refractivity contribution in [1.29, 1.82) is 0 Å². The van der Waals surface area contributed by atoms with Gasteiger partial charge in [0, 0.05) is 50.6 Å². The van der Waals surface area contributed by atoms with Crippen molar-refractivity contribution in [3.63, 3.8) is 0 Å². The Morgan fingerprint density at radius 3 is 2.28 bits per heavy atom. The van der Waals surface area contributed by atoms with E-state index in [1.54, 1.807) is 7.11 Å². The van der Waals surface area contributed by atoms with Crippen molar-refractivity contribution >= 4 is 17.7 Å². The molecule has 2 atom stereocenters. The Bertz CT molecular complexity index is 845. The minimum absolute atomic E-state index is 0.0911. The van der Waals surface area contributed by atoms with Crippen molar-refractivity contribution in [2.24, 2.45) is 11.8 Å². The van der Waals surface area contributed by atoms with Crippen LogP contribution in [0.4, 0.5) is 0 Å². The van der Waals surface area contributed by atoms with Crippen molar-refractivity contribution in [2.45, 2.75) is 51.5 Å². The third kappa shape index (κ3) is 4.62. The number of piperazine rings is 1. The molecule has 0 unspecified atom stereocenters. The quantitative estimate of drug-likeness (QED) is 0.652. The fraction of sp³-hybridized carbons (Fsp3) is 0.640. The van der Waals surface area contributed by atoms with Crippen LogP contribution >= 0.6 is 0 Å². The lowest BCUT2D eigenvalue weighted by Gasteiger charge is -2.44. The fourth-order valence-corrected chi connectivity index (χ4v) is 5.07. The zero-order chi connectivity index (χ0) is 22.7. The SMILES string of the molecule is CCCCN1C(=O)CC[C@@H](C(=O)N2CCN(C(=O)C3CC3)CC2)[C@H]1c1ccccc1OC. The van der Waals surface area contributed by atoms with Crippen molar-refractivity contribution in [3.05, 3.63) is 29.8 Å². The van der Waals surface area contributed by atoms with Gasteiger partial charge in [-0.05, 0) is 31.7 Å². The molecule has 3 aliphatic rings. The molecular weight excluding hydrogens is 406 g/mol. The minimum atomic E-state index is -0.322. The van der Waals surface area contributed by atoms with Crippen LogP contribution in [0.3, 0.4) is 0 Å². The molecule has 1 aliphatic carbocycles. The predicted molar refractivity (Wildman–Crippen MR) is 121 cm³/mol. The van der Waals surface area contributed by atoms with E-state index < -0.39 is 0 Å². The molecule has 7 nitrogen and oxygen atoms in total. The molecule has 0 N–H and O–H groups in total. The van der Waals surface area contributed by atoms with Gasteiger partial charge in [-0.2, -0.15) is 0 Å². The Hall–Kier alpha value is -2.57. The van der Waals surface area contributed by atoms with Gasteiger partial charge in [-0.25, -0.2) is 0 Å². The molecule has 7 heteroatoms. The average Bonchev–Trinajstić information content (AvgIpc) is 3.68. The lowest BCUT2D eigenvalue weighted by molar-refractivity contribution is -0.151. The number of hydrogen-bond acceptors (Lipinski definition) is 4. The van der Waals surface area contributed by atoms with E-state index in [1.165, 1.54) is 0 Å². The van der Waals surface area contributed by atoms with Crippen LogP contribution in [0.25, 0.3) is 0 Å². The summed E-state index contributed by atoms with van der Waals surface area (Å²) in [5.74, 6) is 1.08. The first-order valence-corrected chi connectivity index (χ1v) is 12.0. The molecule has 1 aromatic rings. The summed E-state index contributed by atoms with van der Waals surface area (Å²) in [5.41, 5.74) is 0.903. The van der Waals surface area contributed by atoms with Crippen LogP contribution in [0, 0.1) is 11.8 Å². The second kappa shape index (κ2) is 9.92. The molecule has 174 valence electrons. The van der Waals surface area contributed by atoms with E-state index in [-0.39, 0.29) is 35.6 Å². The monoisotopic (exact) mass is 441 g/mol. The fourth-order valence-electron chi connectivity index (χ4n) is 5.07. The van der Waals surface area contributed by atoms with Crippen LogP contribution in [0.2, 0.25) is 0 Å². The summed E-state index contributed by atoms with van der Waals surface area (Å²) >= 11 is 0. The molecule has 1 saturated carbocycles. The number of benzene rings is 1. The highest BCUT2D eigenvalue weighted by atomic mass is 16.5. The van der Waals surface area contributed by atoms with Crippen molar-refractivity contribution in [2.75, 3.05) is 39.8 Å². The molecular formula is C25H35N3O4. The van der Waals surface area contributed by atoms with Gasteiger partial charge in [-0.15, -0.1) is 0 Å². The number of amides is 3. The van der Waals surface area contributed by atoms with Crippen molar-refractivity contribution in [3.8, 4) is 5.75 Å². The van der Waals surface area contributed by atoms with E-state index in [0.717, 1.165) is 31.2 Å². The largest absolute Gasteiger partial charge is 0.496 e. The molecule has 2 saturated heterocycles. The molecule has 0 spiro atoms. The molecule has 0 radical (unpaired) electrons. The summed E-state index contributed by atoms with van der Waals surface area (Å²) in [6.07, 6.45) is 4.83. The van der Waals surface area contributed by atoms with Gasteiger partial charge in [0.25, 0.3) is 0 Å². The maximum absolute atomic E-state index is 13.7. The summed E-state index contributed by atoms with van der Waals surface area (Å²) in [4.78, 5) is 44.8. The summed E-state index contributed by atoms with van der Waals surface area (Å²) in [6.45, 7) is 5.09. The summed E-state index contributed by atoms with van der Waals surface area (Å²) < 4.78 is 5.62. The molecule has 4 rings (SSSR count). The first-order valence-electron chi connectivity index (χ1n) is 12.0. The minimum Gasteiger partial charge on any atom is -0.496 e. The number of piperidine rings is 1. The first-order chi connectivity index (χ1) is 15.5. The van der Waals surface area contributed by atoms with E-state index in [4.69, 9.17) is 4.74 Å². The van der Waals surface area contributed by atoms with E-state index in [9.17, 15) is 14.4 Å². The number of hydrogen-bond donors (Lipinski definition) is 0. The van der Waals surface area contributed by atoms with Gasteiger partial charge in [0.2, 0.25) is 17.7 Å². The predicted octanol–water partition coefficient (Wildman–Crippen LogP) is 2.86. The second-order valence-corrected chi connectivity index (χ2v) is 9.20. The van der Waals surface area contributed by atoms with Crippen LogP contribution in [-0.2, 0) is 14.4 Å². The Morgan fingerprint density at radius 1 is 1.00 bits per heavy atom. The Kier molecular flexibility index (Phi) is 7.01. The topological polar surface area (TPSA) is 70.2 Å². The number of unbranched alkanes of at least 4 members (excludes halogenated alkanes) is 1. The second-order valence-electron chi connectivity index (χ2n) is 9.20. The number of carbonyl (C=O) groups excluding carboxylic acids is 3. The normalized spacial score (nSPS) is 23.9. The van der Waals surface area contributed by atoms with Crippen LogP contribution in [-0.4, -0.2) is 72.3 Å². The highest BCUT2D eigenvalue weighted by Gasteiger charge is 2.44. The van der Waals surface area contributed by atoms with Gasteiger partial charge < -0.3 is 19.4 Å². The van der Waals surface area contributed by atoms with Crippen LogP contribution in [0.5, 0.6) is 5.75 Å². The van der Waals surface area contributed by atoms with Crippen molar-refractivity contribution < 1.29 is 19.1 Å². The third-order valence-corrected chi connectivity index (χ3v) is 7.06. The first kappa shape index (κ1) is 22.6. The molecule has 0 bridgehead atoms. The lowest BCUT2D eigenvalue weighted by Crippen LogP contribution is -2.55. The van der Waals surface area contributed by atoms with Gasteiger partial charge in [0.05, 0.1) is 19.1 Å². The van der Waals surface area contributed by atoms with E-state index in [1.807, 2.05) is 39.0 Å². The van der Waals surface area contributed by atoms with E-state index in [0.29, 0.717) is 51.3 Å². The summed E-state index contributed by atoms with van der Waals surface area (Å²) in [5, 5.41) is 0. The smallest absolute Gasteiger partial charge is 0.228 e. The Labute approximate surface area is 190 Å². The number of rotatable bonds is 7. The Morgan fingerprint density at radius 2 is 1.66 bits per heavy atom. The van der Waals surface area contributed by atoms with Crippen LogP contribution in [0.1, 0.15) is 57.1 Å². The van der Waals surface area contributed by atoms with E-state index in [2.05, 4.69) is 6.92 Å². The molecule has 3 amide bonds. The maximum Gasteiger partial charge on any atom is 0.228 e. The summed E-state index contributed by atoms with van der Waals surface area (Å²) in [7, 11) is 1.63. The molecule has 32 heavy (non-hydrogen) atoms. The highest BCUT2D eigenvalue weighted by Crippen LogP contribution is 2.41. The van der Waals surface area contributed by atoms with E-state index >= 15 is 0 Å². The maximum atomic E-state index is 13.7. The van der Waals surface area contributed by atoms with Crippen molar-refractivity contribution in [1.82, 2.24) is 14.7 Å². The van der Waals surface area contributed by atoms with Gasteiger partial charge in [-0.3, -0.25) is 14.4 Å². The lowest BCUT2D eigenvalue weighted by atomic mass is 9.82. The molecule has 1 aromatic carbocycles. The number of carbonyl (C=O) groups is 3. The number of methoxy groups -OCH3 is 1. The molecule has 2 heterocycles. The number of para-hydroxylation sites is 1. The average molecular weight is 442 g/mol. The third-order valence-electron chi connectivity index (χ3n) is 7.06. The number of likely N-dealkylation sites (tertiary alicyclic amines) is 1. The zero-order valence-electron chi connectivity index (χ0n) is 19.3. The summed E-state index contributed by atoms with van der Waals surface area (Å²) in [6, 6.07) is 7.41. The zero-order valence-corrected chi connectivity index (χ0v) is 19.3. The molecule has 0 aromatic heterocycles. The number of nitrogens with zero attached hydrogens (tertiary/aromatic N) is 3. The van der Waals surface area contributed by atoms with Crippen LogP contribution in [0.15, 0.2) is 24.3 Å². The van der Waals surface area contributed by atoms with Crippen LogP contribution < -0.4 is 4.74 Å². The van der Waals surface area contributed by atoms with Gasteiger partial charge in [-0.1, -0.05) is 31.5 Å².